The Labute approximate surface area is 148 Å². The van der Waals surface area contributed by atoms with E-state index in [0.717, 1.165) is 38.5 Å². The van der Waals surface area contributed by atoms with Gasteiger partial charge < -0.3 is 19.9 Å². The summed E-state index contributed by atoms with van der Waals surface area (Å²) < 4.78 is 5.31. The molecule has 7 heteroatoms. The summed E-state index contributed by atoms with van der Waals surface area (Å²) in [4.78, 5) is 30.6. The van der Waals surface area contributed by atoms with Gasteiger partial charge >= 0.3 is 6.03 Å². The maximum absolute atomic E-state index is 12.7. The molecule has 7 nitrogen and oxygen atoms in total. The molecule has 1 atom stereocenters. The lowest BCUT2D eigenvalue weighted by atomic mass is 10.2. The van der Waals surface area contributed by atoms with E-state index >= 15 is 0 Å². The van der Waals surface area contributed by atoms with Gasteiger partial charge in [-0.05, 0) is 18.6 Å². The monoisotopic (exact) mass is 346 g/mol. The minimum absolute atomic E-state index is 0.0166. The van der Waals surface area contributed by atoms with Gasteiger partial charge in [0.15, 0.2) is 0 Å². The zero-order chi connectivity index (χ0) is 17.6. The zero-order valence-corrected chi connectivity index (χ0v) is 14.7. The molecule has 2 heterocycles. The van der Waals surface area contributed by atoms with Crippen LogP contribution >= 0.6 is 0 Å². The van der Waals surface area contributed by atoms with Gasteiger partial charge in [-0.1, -0.05) is 18.2 Å². The van der Waals surface area contributed by atoms with E-state index in [1.54, 1.807) is 11.9 Å². The lowest BCUT2D eigenvalue weighted by Gasteiger charge is -2.28. The smallest absolute Gasteiger partial charge is 0.317 e. The van der Waals surface area contributed by atoms with Crippen LogP contribution in [0.1, 0.15) is 6.42 Å². The van der Waals surface area contributed by atoms with Gasteiger partial charge in [0.05, 0.1) is 13.2 Å². The van der Waals surface area contributed by atoms with Crippen LogP contribution in [0, 0.1) is 0 Å². The van der Waals surface area contributed by atoms with Gasteiger partial charge in [-0.2, -0.15) is 0 Å². The molecule has 2 aliphatic heterocycles. The standard InChI is InChI=1S/C18H26N4O3/c1-20(18(24)19-8-10-21-11-13-25-14-12-21)16-7-9-22(17(16)23)15-5-3-2-4-6-15/h2-6,16H,7-14H2,1H3,(H,19,24)/t16-/m1/s1. The van der Waals surface area contributed by atoms with E-state index in [2.05, 4.69) is 10.2 Å². The number of carbonyl (C=O) groups excluding carboxylic acids is 2. The molecule has 0 aliphatic carbocycles. The maximum atomic E-state index is 12.7. The summed E-state index contributed by atoms with van der Waals surface area (Å²) in [6.45, 7) is 5.32. The first-order chi connectivity index (χ1) is 12.2. The lowest BCUT2D eigenvalue weighted by Crippen LogP contribution is -2.49. The third kappa shape index (κ3) is 4.29. The molecule has 0 unspecified atom stereocenters. The highest BCUT2D eigenvalue weighted by atomic mass is 16.5. The van der Waals surface area contributed by atoms with Crippen LogP contribution in [-0.4, -0.2) is 80.8 Å². The van der Waals surface area contributed by atoms with Crippen LogP contribution in [0.3, 0.4) is 0 Å². The number of amides is 3. The molecule has 136 valence electrons. The zero-order valence-electron chi connectivity index (χ0n) is 14.7. The molecule has 1 N–H and O–H groups in total. The molecule has 2 saturated heterocycles. The van der Waals surface area contributed by atoms with Crippen molar-refractivity contribution >= 4 is 17.6 Å². The molecule has 3 rings (SSSR count). The van der Waals surface area contributed by atoms with E-state index < -0.39 is 6.04 Å². The second-order valence-corrected chi connectivity index (χ2v) is 6.43. The van der Waals surface area contributed by atoms with Crippen LogP contribution in [0.15, 0.2) is 30.3 Å². The van der Waals surface area contributed by atoms with E-state index in [9.17, 15) is 9.59 Å². The van der Waals surface area contributed by atoms with Crippen molar-refractivity contribution < 1.29 is 14.3 Å². The lowest BCUT2D eigenvalue weighted by molar-refractivity contribution is -0.120. The molecule has 1 aromatic carbocycles. The van der Waals surface area contributed by atoms with Crippen LogP contribution < -0.4 is 10.2 Å². The molecule has 0 aromatic heterocycles. The minimum Gasteiger partial charge on any atom is -0.379 e. The van der Waals surface area contributed by atoms with Crippen molar-refractivity contribution in [1.29, 1.82) is 0 Å². The number of nitrogens with zero attached hydrogens (tertiary/aromatic N) is 3. The number of morpholine rings is 1. The number of rotatable bonds is 5. The molecule has 25 heavy (non-hydrogen) atoms. The number of ether oxygens (including phenoxy) is 1. The number of urea groups is 1. The number of hydrogen-bond donors (Lipinski definition) is 1. The van der Waals surface area contributed by atoms with Gasteiger partial charge in [-0.15, -0.1) is 0 Å². The molecule has 1 aromatic rings. The Morgan fingerprint density at radius 3 is 2.68 bits per heavy atom. The van der Waals surface area contributed by atoms with Crippen molar-refractivity contribution in [3.8, 4) is 0 Å². The molecular formula is C18H26N4O3. The van der Waals surface area contributed by atoms with Crippen LogP contribution in [0.5, 0.6) is 0 Å². The highest BCUT2D eigenvalue weighted by Gasteiger charge is 2.37. The Kier molecular flexibility index (Phi) is 5.88. The van der Waals surface area contributed by atoms with Gasteiger partial charge in [0, 0.05) is 45.5 Å². The second kappa shape index (κ2) is 8.31. The van der Waals surface area contributed by atoms with Crippen molar-refractivity contribution in [2.45, 2.75) is 12.5 Å². The summed E-state index contributed by atoms with van der Waals surface area (Å²) in [5.41, 5.74) is 0.885. The maximum Gasteiger partial charge on any atom is 0.317 e. The van der Waals surface area contributed by atoms with Crippen molar-refractivity contribution in [1.82, 2.24) is 15.1 Å². The largest absolute Gasteiger partial charge is 0.379 e. The topological polar surface area (TPSA) is 65.1 Å². The first-order valence-electron chi connectivity index (χ1n) is 8.84. The fraction of sp³-hybridized carbons (Fsp3) is 0.556. The third-order valence-corrected chi connectivity index (χ3v) is 4.84. The normalized spacial score (nSPS) is 21.4. The number of anilines is 1. The second-order valence-electron chi connectivity index (χ2n) is 6.43. The Bertz CT molecular complexity index is 589. The summed E-state index contributed by atoms with van der Waals surface area (Å²) in [5, 5.41) is 2.92. The molecule has 0 saturated carbocycles. The first-order valence-corrected chi connectivity index (χ1v) is 8.84. The number of likely N-dealkylation sites (N-methyl/N-ethyl adjacent to an activating group) is 1. The van der Waals surface area contributed by atoms with Crippen molar-refractivity contribution in [2.24, 2.45) is 0 Å². The predicted octanol–water partition coefficient (Wildman–Crippen LogP) is 0.766. The summed E-state index contributed by atoms with van der Waals surface area (Å²) in [6, 6.07) is 9.00. The SMILES string of the molecule is CN(C(=O)NCCN1CCOCC1)[C@@H]1CCN(c2ccccc2)C1=O. The van der Waals surface area contributed by atoms with Crippen LogP contribution in [0.2, 0.25) is 0 Å². The van der Waals surface area contributed by atoms with E-state index in [-0.39, 0.29) is 11.9 Å². The highest BCUT2D eigenvalue weighted by Crippen LogP contribution is 2.23. The number of para-hydroxylation sites is 1. The number of nitrogens with one attached hydrogen (secondary N) is 1. The van der Waals surface area contributed by atoms with E-state index in [0.29, 0.717) is 19.5 Å². The Morgan fingerprint density at radius 1 is 1.24 bits per heavy atom. The van der Waals surface area contributed by atoms with Crippen molar-refractivity contribution in [3.05, 3.63) is 30.3 Å². The van der Waals surface area contributed by atoms with Crippen LogP contribution in [0.25, 0.3) is 0 Å². The molecule has 0 radical (unpaired) electrons. The summed E-state index contributed by atoms with van der Waals surface area (Å²) in [5.74, 6) is -0.0166. The van der Waals surface area contributed by atoms with E-state index in [1.165, 1.54) is 4.90 Å². The predicted molar refractivity (Wildman–Crippen MR) is 95.6 cm³/mol. The summed E-state index contributed by atoms with van der Waals surface area (Å²) >= 11 is 0. The Morgan fingerprint density at radius 2 is 1.96 bits per heavy atom. The summed E-state index contributed by atoms with van der Waals surface area (Å²) in [6.07, 6.45) is 0.654. The van der Waals surface area contributed by atoms with E-state index in [4.69, 9.17) is 4.74 Å². The average molecular weight is 346 g/mol. The Balaban J connectivity index is 1.48. The third-order valence-electron chi connectivity index (χ3n) is 4.84. The van der Waals surface area contributed by atoms with Crippen LogP contribution in [-0.2, 0) is 9.53 Å². The molecular weight excluding hydrogens is 320 g/mol. The van der Waals surface area contributed by atoms with Crippen LogP contribution in [0.4, 0.5) is 10.5 Å². The van der Waals surface area contributed by atoms with Gasteiger partial charge in [0.2, 0.25) is 5.91 Å². The Hall–Kier alpha value is -2.12. The number of benzene rings is 1. The molecule has 3 amide bonds. The molecule has 0 bridgehead atoms. The van der Waals surface area contributed by atoms with Crippen molar-refractivity contribution in [2.75, 3.05) is 57.9 Å². The van der Waals surface area contributed by atoms with Gasteiger partial charge in [-0.3, -0.25) is 9.69 Å². The van der Waals surface area contributed by atoms with Crippen molar-refractivity contribution in [3.63, 3.8) is 0 Å². The van der Waals surface area contributed by atoms with Gasteiger partial charge in [0.1, 0.15) is 6.04 Å². The first kappa shape index (κ1) is 17.7. The summed E-state index contributed by atoms with van der Waals surface area (Å²) in [7, 11) is 1.70. The highest BCUT2D eigenvalue weighted by molar-refractivity contribution is 6.01. The minimum atomic E-state index is -0.399. The molecule has 2 fully saturated rings. The molecule has 2 aliphatic rings. The number of carbonyl (C=O) groups is 2. The fourth-order valence-corrected chi connectivity index (χ4v) is 3.30. The number of hydrogen-bond acceptors (Lipinski definition) is 4. The fourth-order valence-electron chi connectivity index (χ4n) is 3.30. The van der Waals surface area contributed by atoms with Gasteiger partial charge in [0.25, 0.3) is 0 Å². The van der Waals surface area contributed by atoms with E-state index in [1.807, 2.05) is 30.3 Å². The van der Waals surface area contributed by atoms with Gasteiger partial charge in [-0.25, -0.2) is 4.79 Å². The molecule has 0 spiro atoms. The average Bonchev–Trinajstić information content (AvgIpc) is 3.04. The quantitative estimate of drug-likeness (QED) is 0.855.